The SMILES string of the molecule is O=P(c1ccccc1)(c1ccccc1)c1ccc2cc(-c3ccc4c(-c5ccc(-c6ccccc6)cc5)c5ccccc5c(-c5ccc6ccccc6c5)c4c3)ccc2c1. The van der Waals surface area contributed by atoms with E-state index >= 15 is 4.57 Å². The van der Waals surface area contributed by atoms with Crippen LogP contribution < -0.4 is 15.9 Å². The summed E-state index contributed by atoms with van der Waals surface area (Å²) in [5.74, 6) is 0. The molecule has 0 saturated heterocycles. The van der Waals surface area contributed by atoms with E-state index < -0.39 is 7.14 Å². The average molecular weight is 783 g/mol. The molecule has 0 saturated carbocycles. The molecule has 11 aromatic carbocycles. The smallest absolute Gasteiger partial charge is 0.171 e. The van der Waals surface area contributed by atoms with Crippen molar-refractivity contribution < 1.29 is 4.57 Å². The fourth-order valence-corrected chi connectivity index (χ4v) is 11.8. The molecule has 0 unspecified atom stereocenters. The molecule has 0 aliphatic rings. The Morgan fingerprint density at radius 1 is 0.233 bits per heavy atom. The molecule has 0 amide bonds. The van der Waals surface area contributed by atoms with Gasteiger partial charge in [0.2, 0.25) is 0 Å². The van der Waals surface area contributed by atoms with Gasteiger partial charge in [-0.3, -0.25) is 0 Å². The highest BCUT2D eigenvalue weighted by Crippen LogP contribution is 2.46. The minimum Gasteiger partial charge on any atom is -0.309 e. The lowest BCUT2D eigenvalue weighted by Gasteiger charge is -2.20. The van der Waals surface area contributed by atoms with Gasteiger partial charge in [-0.1, -0.05) is 212 Å². The summed E-state index contributed by atoms with van der Waals surface area (Å²) in [5.41, 5.74) is 9.57. The van der Waals surface area contributed by atoms with Crippen LogP contribution in [0.3, 0.4) is 0 Å². The molecule has 0 radical (unpaired) electrons. The summed E-state index contributed by atoms with van der Waals surface area (Å²) in [4.78, 5) is 0. The van der Waals surface area contributed by atoms with Crippen molar-refractivity contribution in [2.75, 3.05) is 0 Å². The molecule has 1 nitrogen and oxygen atoms in total. The van der Waals surface area contributed by atoms with Gasteiger partial charge in [-0.25, -0.2) is 0 Å². The van der Waals surface area contributed by atoms with Crippen molar-refractivity contribution in [2.45, 2.75) is 0 Å². The number of fused-ring (bicyclic) bond motifs is 4. The summed E-state index contributed by atoms with van der Waals surface area (Å²) >= 11 is 0. The number of rotatable bonds is 7. The van der Waals surface area contributed by atoms with Crippen LogP contribution in [0.4, 0.5) is 0 Å². The monoisotopic (exact) mass is 782 g/mol. The zero-order valence-electron chi connectivity index (χ0n) is 32.9. The summed E-state index contributed by atoms with van der Waals surface area (Å²) in [6, 6.07) is 83.8. The van der Waals surface area contributed by atoms with Crippen LogP contribution in [0.1, 0.15) is 0 Å². The number of hydrogen-bond donors (Lipinski definition) is 0. The van der Waals surface area contributed by atoms with Crippen LogP contribution in [0.5, 0.6) is 0 Å². The van der Waals surface area contributed by atoms with Crippen LogP contribution in [0.25, 0.3) is 87.6 Å². The maximum atomic E-state index is 15.2. The van der Waals surface area contributed by atoms with E-state index in [4.69, 9.17) is 0 Å². The molecule has 2 heteroatoms. The highest BCUT2D eigenvalue weighted by Gasteiger charge is 2.29. The lowest BCUT2D eigenvalue weighted by Crippen LogP contribution is -2.24. The van der Waals surface area contributed by atoms with Gasteiger partial charge < -0.3 is 4.57 Å². The topological polar surface area (TPSA) is 17.1 Å². The fraction of sp³-hybridized carbons (Fsp3) is 0. The Hall–Kier alpha value is -7.31. The van der Waals surface area contributed by atoms with Crippen molar-refractivity contribution >= 4 is 66.1 Å². The Kier molecular flexibility index (Phi) is 8.84. The summed E-state index contributed by atoms with van der Waals surface area (Å²) in [5, 5.41) is 12.0. The molecule has 0 spiro atoms. The van der Waals surface area contributed by atoms with Crippen LogP contribution in [0.15, 0.2) is 237 Å². The van der Waals surface area contributed by atoms with E-state index in [0.717, 1.165) is 37.8 Å². The van der Waals surface area contributed by atoms with Gasteiger partial charge in [-0.15, -0.1) is 0 Å². The van der Waals surface area contributed by atoms with Crippen molar-refractivity contribution in [3.8, 4) is 44.5 Å². The number of benzene rings is 11. The van der Waals surface area contributed by atoms with Gasteiger partial charge in [0.05, 0.1) is 0 Å². The zero-order valence-corrected chi connectivity index (χ0v) is 33.8. The molecule has 0 aromatic heterocycles. The van der Waals surface area contributed by atoms with Crippen LogP contribution in [-0.2, 0) is 4.57 Å². The summed E-state index contributed by atoms with van der Waals surface area (Å²) < 4.78 is 15.2. The first-order valence-corrected chi connectivity index (χ1v) is 22.2. The molecule has 282 valence electrons. The first-order chi connectivity index (χ1) is 29.6. The van der Waals surface area contributed by atoms with Gasteiger partial charge in [0.25, 0.3) is 0 Å². The zero-order chi connectivity index (χ0) is 40.0. The second-order valence-corrected chi connectivity index (χ2v) is 18.4. The summed E-state index contributed by atoms with van der Waals surface area (Å²) in [6.07, 6.45) is 0. The number of hydrogen-bond acceptors (Lipinski definition) is 1. The first-order valence-electron chi connectivity index (χ1n) is 20.5. The maximum Gasteiger partial charge on any atom is 0.171 e. The quantitative estimate of drug-likeness (QED) is 0.116. The third-order valence-corrected chi connectivity index (χ3v) is 15.2. The lowest BCUT2D eigenvalue weighted by molar-refractivity contribution is 0.592. The normalized spacial score (nSPS) is 11.7. The van der Waals surface area contributed by atoms with Crippen molar-refractivity contribution in [1.82, 2.24) is 0 Å². The van der Waals surface area contributed by atoms with Gasteiger partial charge in [-0.05, 0) is 112 Å². The van der Waals surface area contributed by atoms with Crippen molar-refractivity contribution in [1.29, 1.82) is 0 Å². The second-order valence-electron chi connectivity index (χ2n) is 15.6. The maximum absolute atomic E-state index is 15.2. The van der Waals surface area contributed by atoms with Gasteiger partial charge in [-0.2, -0.15) is 0 Å². The predicted octanol–water partition coefficient (Wildman–Crippen LogP) is 14.6. The molecule has 0 aliphatic carbocycles. The molecule has 0 atom stereocenters. The van der Waals surface area contributed by atoms with E-state index in [0.29, 0.717) is 0 Å². The van der Waals surface area contributed by atoms with Gasteiger partial charge >= 0.3 is 0 Å². The van der Waals surface area contributed by atoms with Gasteiger partial charge in [0.15, 0.2) is 7.14 Å². The Morgan fingerprint density at radius 3 is 1.35 bits per heavy atom. The largest absolute Gasteiger partial charge is 0.309 e. The minimum atomic E-state index is -3.10. The summed E-state index contributed by atoms with van der Waals surface area (Å²) in [7, 11) is -3.10. The Bertz CT molecular complexity index is 3380. The Labute approximate surface area is 350 Å². The average Bonchev–Trinajstić information content (AvgIpc) is 3.33. The molecule has 60 heavy (non-hydrogen) atoms. The van der Waals surface area contributed by atoms with Crippen molar-refractivity contribution in [2.24, 2.45) is 0 Å². The highest BCUT2D eigenvalue weighted by atomic mass is 31.2. The van der Waals surface area contributed by atoms with Crippen molar-refractivity contribution in [3.05, 3.63) is 237 Å². The molecule has 0 N–H and O–H groups in total. The Balaban J connectivity index is 1.09. The third-order valence-electron chi connectivity index (χ3n) is 12.1. The molecule has 0 fully saturated rings. The standard InChI is InChI=1S/C58H39OP/c59-60(50-18-6-2-7-19-50,51-20-8-3-9-21-51)52-34-32-46-36-45(29-30-47(46)38-52)48-33-35-55-56(39-48)58(49-31-26-41-16-10-11-17-44(41)37-49)54-23-13-12-22-53(54)57(55)43-27-24-42(25-28-43)40-14-4-1-5-15-40/h1-39H. The highest BCUT2D eigenvalue weighted by molar-refractivity contribution is 7.85. The van der Waals surface area contributed by atoms with Crippen LogP contribution in [0.2, 0.25) is 0 Å². The molecule has 11 aromatic rings. The molecule has 0 aliphatic heterocycles. The van der Waals surface area contributed by atoms with Crippen LogP contribution in [-0.4, -0.2) is 0 Å². The first kappa shape index (κ1) is 35.8. The van der Waals surface area contributed by atoms with E-state index in [9.17, 15) is 0 Å². The molecular formula is C58H39OP. The molecular weight excluding hydrogens is 744 g/mol. The summed E-state index contributed by atoms with van der Waals surface area (Å²) in [6.45, 7) is 0. The van der Waals surface area contributed by atoms with E-state index in [2.05, 4.69) is 176 Å². The second kappa shape index (κ2) is 14.8. The van der Waals surface area contributed by atoms with E-state index in [-0.39, 0.29) is 0 Å². The van der Waals surface area contributed by atoms with Gasteiger partial charge in [0, 0.05) is 15.9 Å². The third kappa shape index (κ3) is 6.15. The molecule has 0 bridgehead atoms. The molecule has 0 heterocycles. The van der Waals surface area contributed by atoms with E-state index in [1.165, 1.54) is 65.7 Å². The Morgan fingerprint density at radius 2 is 0.650 bits per heavy atom. The van der Waals surface area contributed by atoms with Crippen LogP contribution >= 0.6 is 7.14 Å². The van der Waals surface area contributed by atoms with Crippen LogP contribution in [0, 0.1) is 0 Å². The fourth-order valence-electron chi connectivity index (χ4n) is 9.12. The minimum absolute atomic E-state index is 0.835. The van der Waals surface area contributed by atoms with Gasteiger partial charge in [0.1, 0.15) is 0 Å². The van der Waals surface area contributed by atoms with E-state index in [1.807, 2.05) is 60.7 Å². The molecule has 11 rings (SSSR count). The lowest BCUT2D eigenvalue weighted by atomic mass is 9.84. The van der Waals surface area contributed by atoms with Crippen molar-refractivity contribution in [3.63, 3.8) is 0 Å². The predicted molar refractivity (Wildman–Crippen MR) is 258 cm³/mol. The van der Waals surface area contributed by atoms with E-state index in [1.54, 1.807) is 0 Å².